The number of ether oxygens (including phenoxy) is 2. The fraction of sp³-hybridized carbons (Fsp3) is 0.529. The van der Waals surface area contributed by atoms with E-state index in [-0.39, 0.29) is 13.0 Å². The van der Waals surface area contributed by atoms with Gasteiger partial charge in [0.1, 0.15) is 11.1 Å². The van der Waals surface area contributed by atoms with Gasteiger partial charge >= 0.3 is 12.1 Å². The van der Waals surface area contributed by atoms with Crippen molar-refractivity contribution >= 4 is 12.1 Å². The Kier molecular flexibility index (Phi) is 6.57. The number of rotatable bonds is 7. The number of carboxylic acids is 1. The Morgan fingerprint density at radius 1 is 1.13 bits per heavy atom. The maximum Gasteiger partial charge on any atom is 0.408 e. The highest BCUT2D eigenvalue weighted by Crippen LogP contribution is 2.14. The molecule has 0 bridgehead atoms. The van der Waals surface area contributed by atoms with E-state index in [4.69, 9.17) is 9.47 Å². The average Bonchev–Trinajstić information content (AvgIpc) is 2.42. The molecule has 2 N–H and O–H groups in total. The van der Waals surface area contributed by atoms with Gasteiger partial charge in [-0.3, -0.25) is 0 Å². The van der Waals surface area contributed by atoms with Crippen molar-refractivity contribution in [2.45, 2.75) is 51.9 Å². The summed E-state index contributed by atoms with van der Waals surface area (Å²) < 4.78 is 10.6. The summed E-state index contributed by atoms with van der Waals surface area (Å²) in [6, 6.07) is 9.58. The molecule has 0 saturated heterocycles. The van der Waals surface area contributed by atoms with Crippen molar-refractivity contribution < 1.29 is 24.2 Å². The van der Waals surface area contributed by atoms with E-state index in [1.807, 2.05) is 30.3 Å². The van der Waals surface area contributed by atoms with Crippen LogP contribution in [0, 0.1) is 0 Å². The number of carbonyl (C=O) groups is 2. The number of carbonyl (C=O) groups excluding carboxylic acids is 1. The number of hydrogen-bond donors (Lipinski definition) is 2. The molecule has 1 atom stereocenters. The Labute approximate surface area is 136 Å². The lowest BCUT2D eigenvalue weighted by molar-refractivity contribution is -0.145. The summed E-state index contributed by atoms with van der Waals surface area (Å²) in [5.41, 5.74) is -1.13. The van der Waals surface area contributed by atoms with Crippen molar-refractivity contribution in [3.63, 3.8) is 0 Å². The molecular weight excluding hydrogens is 298 g/mol. The first-order valence-corrected chi connectivity index (χ1v) is 7.49. The summed E-state index contributed by atoms with van der Waals surface area (Å²) in [5.74, 6) is -1.13. The van der Waals surface area contributed by atoms with Gasteiger partial charge in [0, 0.05) is 13.0 Å². The Bertz CT molecular complexity index is 524. The average molecular weight is 323 g/mol. The second kappa shape index (κ2) is 7.97. The van der Waals surface area contributed by atoms with E-state index < -0.39 is 23.2 Å². The lowest BCUT2D eigenvalue weighted by Gasteiger charge is -2.28. The van der Waals surface area contributed by atoms with Crippen LogP contribution < -0.4 is 5.32 Å². The highest BCUT2D eigenvalue weighted by atomic mass is 16.6. The van der Waals surface area contributed by atoms with E-state index >= 15 is 0 Å². The molecule has 23 heavy (non-hydrogen) atoms. The summed E-state index contributed by atoms with van der Waals surface area (Å²) in [4.78, 5) is 23.3. The van der Waals surface area contributed by atoms with Gasteiger partial charge in [-0.25, -0.2) is 9.59 Å². The molecule has 6 heteroatoms. The topological polar surface area (TPSA) is 84.9 Å². The van der Waals surface area contributed by atoms with Gasteiger partial charge in [0.15, 0.2) is 0 Å². The highest BCUT2D eigenvalue weighted by molar-refractivity contribution is 5.83. The molecule has 0 aliphatic carbocycles. The van der Waals surface area contributed by atoms with Crippen LogP contribution in [0.4, 0.5) is 4.79 Å². The molecule has 0 radical (unpaired) electrons. The predicted molar refractivity (Wildman–Crippen MR) is 86.1 cm³/mol. The van der Waals surface area contributed by atoms with E-state index in [0.29, 0.717) is 6.61 Å². The molecule has 0 fully saturated rings. The second-order valence-electron chi connectivity index (χ2n) is 6.55. The largest absolute Gasteiger partial charge is 0.480 e. The van der Waals surface area contributed by atoms with Gasteiger partial charge in [-0.15, -0.1) is 0 Å². The fourth-order valence-corrected chi connectivity index (χ4v) is 1.79. The lowest BCUT2D eigenvalue weighted by Crippen LogP contribution is -2.54. The first kappa shape index (κ1) is 19.0. The number of benzene rings is 1. The lowest BCUT2D eigenvalue weighted by atomic mass is 9.99. The summed E-state index contributed by atoms with van der Waals surface area (Å²) >= 11 is 0. The summed E-state index contributed by atoms with van der Waals surface area (Å²) in [7, 11) is 0. The molecule has 6 nitrogen and oxygen atoms in total. The van der Waals surface area contributed by atoms with E-state index in [1.165, 1.54) is 6.92 Å². The minimum atomic E-state index is -1.45. The van der Waals surface area contributed by atoms with Crippen molar-refractivity contribution in [3.8, 4) is 0 Å². The van der Waals surface area contributed by atoms with Crippen LogP contribution in [0.5, 0.6) is 0 Å². The summed E-state index contributed by atoms with van der Waals surface area (Å²) in [5, 5.41) is 11.8. The van der Waals surface area contributed by atoms with E-state index in [0.717, 1.165) is 5.56 Å². The molecule has 1 unspecified atom stereocenters. The standard InChI is InChI=1S/C17H25NO5/c1-16(2,3)23-15(21)18-17(4,14(19)20)10-11-22-12-13-8-6-5-7-9-13/h5-9H,10-12H2,1-4H3,(H,18,21)(H,19,20). The number of alkyl carbamates (subject to hydrolysis) is 1. The van der Waals surface area contributed by atoms with Crippen LogP contribution in [0.2, 0.25) is 0 Å². The second-order valence-corrected chi connectivity index (χ2v) is 6.55. The molecule has 0 aromatic heterocycles. The normalized spacial score (nSPS) is 13.9. The van der Waals surface area contributed by atoms with E-state index in [1.54, 1.807) is 20.8 Å². The van der Waals surface area contributed by atoms with Gasteiger partial charge in [0.05, 0.1) is 6.61 Å². The predicted octanol–water partition coefficient (Wildman–Crippen LogP) is 2.96. The summed E-state index contributed by atoms with van der Waals surface area (Å²) in [6.07, 6.45) is -0.625. The van der Waals surface area contributed by atoms with Crippen molar-refractivity contribution in [1.82, 2.24) is 5.32 Å². The van der Waals surface area contributed by atoms with Gasteiger partial charge in [-0.05, 0) is 33.3 Å². The third kappa shape index (κ3) is 7.15. The first-order valence-electron chi connectivity index (χ1n) is 7.49. The third-order valence-electron chi connectivity index (χ3n) is 3.11. The van der Waals surface area contributed by atoms with Gasteiger partial charge in [-0.2, -0.15) is 0 Å². The smallest absolute Gasteiger partial charge is 0.408 e. The van der Waals surface area contributed by atoms with Gasteiger partial charge in [-0.1, -0.05) is 30.3 Å². The number of aliphatic carboxylic acids is 1. The molecule has 0 saturated carbocycles. The zero-order chi connectivity index (χ0) is 17.5. The van der Waals surface area contributed by atoms with E-state index in [2.05, 4.69) is 5.32 Å². The molecule has 1 aromatic carbocycles. The number of hydrogen-bond acceptors (Lipinski definition) is 4. The first-order chi connectivity index (χ1) is 10.6. The zero-order valence-electron chi connectivity index (χ0n) is 14.1. The number of nitrogens with one attached hydrogen (secondary N) is 1. The Morgan fingerprint density at radius 2 is 1.74 bits per heavy atom. The molecular formula is C17H25NO5. The van der Waals surface area contributed by atoms with Crippen LogP contribution in [0.15, 0.2) is 30.3 Å². The molecule has 0 spiro atoms. The van der Waals surface area contributed by atoms with Crippen LogP contribution in [0.3, 0.4) is 0 Å². The molecule has 0 heterocycles. The van der Waals surface area contributed by atoms with Crippen LogP contribution in [-0.2, 0) is 20.9 Å². The molecule has 1 aromatic rings. The van der Waals surface area contributed by atoms with Crippen molar-refractivity contribution in [3.05, 3.63) is 35.9 Å². The molecule has 1 amide bonds. The maximum atomic E-state index is 11.8. The minimum absolute atomic E-state index is 0.133. The van der Waals surface area contributed by atoms with Crippen molar-refractivity contribution in [2.75, 3.05) is 6.61 Å². The van der Waals surface area contributed by atoms with Crippen LogP contribution >= 0.6 is 0 Å². The number of amides is 1. The Morgan fingerprint density at radius 3 is 2.26 bits per heavy atom. The monoisotopic (exact) mass is 323 g/mol. The zero-order valence-corrected chi connectivity index (χ0v) is 14.1. The summed E-state index contributed by atoms with van der Waals surface area (Å²) in [6.45, 7) is 7.18. The van der Waals surface area contributed by atoms with Gasteiger partial charge in [0.2, 0.25) is 0 Å². The fourth-order valence-electron chi connectivity index (χ4n) is 1.79. The molecule has 1 rings (SSSR count). The molecule has 128 valence electrons. The van der Waals surface area contributed by atoms with Crippen molar-refractivity contribution in [1.29, 1.82) is 0 Å². The maximum absolute atomic E-state index is 11.8. The minimum Gasteiger partial charge on any atom is -0.480 e. The van der Waals surface area contributed by atoms with Crippen LogP contribution in [-0.4, -0.2) is 34.9 Å². The Balaban J connectivity index is 2.50. The van der Waals surface area contributed by atoms with Gasteiger partial charge in [0.25, 0.3) is 0 Å². The SMILES string of the molecule is CC(C)(C)OC(=O)NC(C)(CCOCc1ccccc1)C(=O)O. The number of carboxylic acid groups (broad SMARTS) is 1. The highest BCUT2D eigenvalue weighted by Gasteiger charge is 2.36. The molecule has 0 aliphatic rings. The van der Waals surface area contributed by atoms with Crippen LogP contribution in [0.1, 0.15) is 39.7 Å². The van der Waals surface area contributed by atoms with Gasteiger partial charge < -0.3 is 19.9 Å². The molecule has 0 aliphatic heterocycles. The van der Waals surface area contributed by atoms with Crippen molar-refractivity contribution in [2.24, 2.45) is 0 Å². The Hall–Kier alpha value is -2.08. The van der Waals surface area contributed by atoms with E-state index in [9.17, 15) is 14.7 Å². The third-order valence-corrected chi connectivity index (χ3v) is 3.11. The quantitative estimate of drug-likeness (QED) is 0.754. The van der Waals surface area contributed by atoms with Crippen LogP contribution in [0.25, 0.3) is 0 Å².